The van der Waals surface area contributed by atoms with E-state index in [4.69, 9.17) is 4.74 Å². The molecule has 0 bridgehead atoms. The number of thioether (sulfide) groups is 1. The Morgan fingerprint density at radius 1 is 1.38 bits per heavy atom. The molecular weight excluding hydrogens is 220 g/mol. The summed E-state index contributed by atoms with van der Waals surface area (Å²) < 4.78 is 4.81. The Morgan fingerprint density at radius 2 is 2.12 bits per heavy atom. The fourth-order valence-electron chi connectivity index (χ4n) is 1.15. The first-order valence-electron chi connectivity index (χ1n) is 5.29. The second-order valence-corrected chi connectivity index (χ2v) is 4.07. The standard InChI is InChI=1S/C13H16O2S/c1-2-15-13(14)9-6-10-16-11-12-7-4-3-5-8-12/h3-8,10H,2,9,11H2,1H3/b10-6+. The Kier molecular flexibility index (Phi) is 6.42. The molecule has 0 N–H and O–H groups in total. The first kappa shape index (κ1) is 12.8. The fourth-order valence-corrected chi connectivity index (χ4v) is 1.86. The number of hydrogen-bond acceptors (Lipinski definition) is 3. The van der Waals surface area contributed by atoms with Crippen LogP contribution in [0.3, 0.4) is 0 Å². The molecule has 0 aliphatic rings. The first-order valence-corrected chi connectivity index (χ1v) is 6.34. The Hall–Kier alpha value is -1.22. The number of ether oxygens (including phenoxy) is 1. The lowest BCUT2D eigenvalue weighted by molar-refractivity contribution is -0.142. The molecule has 0 aliphatic carbocycles. The van der Waals surface area contributed by atoms with Gasteiger partial charge in [0.25, 0.3) is 0 Å². The Balaban J connectivity index is 2.16. The van der Waals surface area contributed by atoms with Crippen molar-refractivity contribution in [3.63, 3.8) is 0 Å². The van der Waals surface area contributed by atoms with Gasteiger partial charge in [0.15, 0.2) is 0 Å². The summed E-state index contributed by atoms with van der Waals surface area (Å²) in [5.74, 6) is 0.763. The van der Waals surface area contributed by atoms with E-state index in [1.165, 1.54) is 5.56 Å². The zero-order valence-electron chi connectivity index (χ0n) is 9.39. The summed E-state index contributed by atoms with van der Waals surface area (Å²) in [4.78, 5) is 11.0. The van der Waals surface area contributed by atoms with Crippen molar-refractivity contribution >= 4 is 17.7 Å². The van der Waals surface area contributed by atoms with Crippen LogP contribution in [0, 0.1) is 0 Å². The number of esters is 1. The van der Waals surface area contributed by atoms with Crippen LogP contribution in [0.5, 0.6) is 0 Å². The second kappa shape index (κ2) is 7.99. The summed E-state index contributed by atoms with van der Waals surface area (Å²) in [6.45, 7) is 2.26. The van der Waals surface area contributed by atoms with Gasteiger partial charge in [-0.15, -0.1) is 11.8 Å². The molecule has 0 radical (unpaired) electrons. The number of benzene rings is 1. The quantitative estimate of drug-likeness (QED) is 0.708. The van der Waals surface area contributed by atoms with Crippen LogP contribution in [0.25, 0.3) is 0 Å². The minimum absolute atomic E-state index is 0.168. The van der Waals surface area contributed by atoms with Crippen LogP contribution >= 0.6 is 11.8 Å². The zero-order chi connectivity index (χ0) is 11.6. The third-order valence-corrected chi connectivity index (χ3v) is 2.76. The van der Waals surface area contributed by atoms with Gasteiger partial charge >= 0.3 is 5.97 Å². The molecule has 0 aliphatic heterocycles. The third kappa shape index (κ3) is 5.61. The predicted molar refractivity (Wildman–Crippen MR) is 68.1 cm³/mol. The highest BCUT2D eigenvalue weighted by Crippen LogP contribution is 2.12. The zero-order valence-corrected chi connectivity index (χ0v) is 10.2. The monoisotopic (exact) mass is 236 g/mol. The van der Waals surface area contributed by atoms with Crippen molar-refractivity contribution in [1.82, 2.24) is 0 Å². The van der Waals surface area contributed by atoms with Crippen molar-refractivity contribution < 1.29 is 9.53 Å². The molecule has 3 heteroatoms. The Morgan fingerprint density at radius 3 is 2.81 bits per heavy atom. The van der Waals surface area contributed by atoms with Gasteiger partial charge in [-0.1, -0.05) is 36.4 Å². The third-order valence-electron chi connectivity index (χ3n) is 1.88. The van der Waals surface area contributed by atoms with Gasteiger partial charge in [-0.3, -0.25) is 4.79 Å². The van der Waals surface area contributed by atoms with Crippen LogP contribution in [-0.4, -0.2) is 12.6 Å². The van der Waals surface area contributed by atoms with Crippen LogP contribution in [0.1, 0.15) is 18.9 Å². The molecule has 0 spiro atoms. The highest BCUT2D eigenvalue weighted by Gasteiger charge is 1.95. The molecule has 0 unspecified atom stereocenters. The molecule has 0 saturated carbocycles. The van der Waals surface area contributed by atoms with E-state index in [1.54, 1.807) is 11.8 Å². The first-order chi connectivity index (χ1) is 7.83. The van der Waals surface area contributed by atoms with E-state index < -0.39 is 0 Å². The summed E-state index contributed by atoms with van der Waals surface area (Å²) >= 11 is 1.68. The normalized spacial score (nSPS) is 10.6. The highest BCUT2D eigenvalue weighted by molar-refractivity contribution is 8.01. The maximum absolute atomic E-state index is 11.0. The summed E-state index contributed by atoms with van der Waals surface area (Å²) in [6, 6.07) is 10.2. The summed E-state index contributed by atoms with van der Waals surface area (Å²) in [7, 11) is 0. The van der Waals surface area contributed by atoms with E-state index in [2.05, 4.69) is 12.1 Å². The van der Waals surface area contributed by atoms with E-state index in [0.717, 1.165) is 5.75 Å². The molecule has 1 aromatic rings. The van der Waals surface area contributed by atoms with Gasteiger partial charge in [0.05, 0.1) is 13.0 Å². The van der Waals surface area contributed by atoms with Gasteiger partial charge in [-0.05, 0) is 17.9 Å². The van der Waals surface area contributed by atoms with Crippen LogP contribution < -0.4 is 0 Å². The molecule has 86 valence electrons. The van der Waals surface area contributed by atoms with Gasteiger partial charge in [0.2, 0.25) is 0 Å². The van der Waals surface area contributed by atoms with Crippen molar-refractivity contribution in [2.45, 2.75) is 19.1 Å². The molecule has 1 rings (SSSR count). The highest BCUT2D eigenvalue weighted by atomic mass is 32.2. The minimum Gasteiger partial charge on any atom is -0.466 e. The lowest BCUT2D eigenvalue weighted by Crippen LogP contribution is -2.01. The average Bonchev–Trinajstić information content (AvgIpc) is 2.30. The molecule has 16 heavy (non-hydrogen) atoms. The van der Waals surface area contributed by atoms with Crippen molar-refractivity contribution in [2.75, 3.05) is 6.61 Å². The number of rotatable bonds is 6. The number of carbonyl (C=O) groups is 1. The van der Waals surface area contributed by atoms with E-state index in [9.17, 15) is 4.79 Å². The van der Waals surface area contributed by atoms with Crippen molar-refractivity contribution in [3.8, 4) is 0 Å². The molecule has 0 atom stereocenters. The van der Waals surface area contributed by atoms with Gasteiger partial charge in [-0.25, -0.2) is 0 Å². The number of hydrogen-bond donors (Lipinski definition) is 0. The topological polar surface area (TPSA) is 26.3 Å². The largest absolute Gasteiger partial charge is 0.466 e. The van der Waals surface area contributed by atoms with Crippen LogP contribution in [0.15, 0.2) is 41.8 Å². The molecule has 0 fully saturated rings. The maximum Gasteiger partial charge on any atom is 0.309 e. The predicted octanol–water partition coefficient (Wildman–Crippen LogP) is 3.39. The lowest BCUT2D eigenvalue weighted by atomic mass is 10.2. The van der Waals surface area contributed by atoms with E-state index in [0.29, 0.717) is 13.0 Å². The van der Waals surface area contributed by atoms with Crippen molar-refractivity contribution in [1.29, 1.82) is 0 Å². The molecule has 1 aromatic carbocycles. The lowest BCUT2D eigenvalue weighted by Gasteiger charge is -1.97. The van der Waals surface area contributed by atoms with Crippen LogP contribution in [0.2, 0.25) is 0 Å². The van der Waals surface area contributed by atoms with E-state index >= 15 is 0 Å². The Bertz CT molecular complexity index is 333. The molecule has 0 heterocycles. The molecule has 2 nitrogen and oxygen atoms in total. The summed E-state index contributed by atoms with van der Waals surface area (Å²) in [5, 5.41) is 1.95. The van der Waals surface area contributed by atoms with Gasteiger partial charge in [-0.2, -0.15) is 0 Å². The maximum atomic E-state index is 11.0. The minimum atomic E-state index is -0.168. The average molecular weight is 236 g/mol. The van der Waals surface area contributed by atoms with Gasteiger partial charge in [0.1, 0.15) is 0 Å². The second-order valence-electron chi connectivity index (χ2n) is 3.18. The van der Waals surface area contributed by atoms with Crippen molar-refractivity contribution in [2.24, 2.45) is 0 Å². The Labute approximate surface area is 101 Å². The number of carbonyl (C=O) groups excluding carboxylic acids is 1. The smallest absolute Gasteiger partial charge is 0.309 e. The van der Waals surface area contributed by atoms with E-state index in [-0.39, 0.29) is 5.97 Å². The van der Waals surface area contributed by atoms with Gasteiger partial charge < -0.3 is 4.74 Å². The molecule has 0 saturated heterocycles. The van der Waals surface area contributed by atoms with Crippen LogP contribution in [-0.2, 0) is 15.3 Å². The van der Waals surface area contributed by atoms with E-state index in [1.807, 2.05) is 36.6 Å². The van der Waals surface area contributed by atoms with Crippen LogP contribution in [0.4, 0.5) is 0 Å². The molecule has 0 aromatic heterocycles. The van der Waals surface area contributed by atoms with Crippen molar-refractivity contribution in [3.05, 3.63) is 47.4 Å². The SMILES string of the molecule is CCOC(=O)C/C=C/SCc1ccccc1. The fraction of sp³-hybridized carbons (Fsp3) is 0.308. The molecule has 0 amide bonds. The van der Waals surface area contributed by atoms with Gasteiger partial charge in [0, 0.05) is 5.75 Å². The summed E-state index contributed by atoms with van der Waals surface area (Å²) in [6.07, 6.45) is 2.20. The summed E-state index contributed by atoms with van der Waals surface area (Å²) in [5.41, 5.74) is 1.29. The molecular formula is C13H16O2S.